The highest BCUT2D eigenvalue weighted by Crippen LogP contribution is 2.62. The fraction of sp³-hybridized carbons (Fsp3) is 0.545. The lowest BCUT2D eigenvalue weighted by Crippen LogP contribution is -2.46. The Morgan fingerprint density at radius 2 is 1.31 bits per heavy atom. The number of nitrogens with zero attached hydrogens (tertiary/aromatic N) is 10. The van der Waals surface area contributed by atoms with Crippen molar-refractivity contribution in [2.45, 2.75) is 73.6 Å². The summed E-state index contributed by atoms with van der Waals surface area (Å²) >= 11 is 0. The number of aromatic nitrogens is 12. The molecular weight excluding hydrogens is 1100 g/mol. The zero-order chi connectivity index (χ0) is 54.3. The molecule has 6 aromatic heterocycles. The molecular formula is C33H42N15O23P4-3. The number of phosphoric acid groups is 2. The second-order valence-electron chi connectivity index (χ2n) is 16.8. The minimum atomic E-state index is -6.09. The second-order valence-corrected chi connectivity index (χ2v) is 23.8. The number of aliphatic hydroxyl groups is 4. The number of fused-ring (bicyclic) bond motifs is 3. The Bertz CT molecular complexity index is 3470. The summed E-state index contributed by atoms with van der Waals surface area (Å²) in [7, 11) is -21.2. The summed E-state index contributed by atoms with van der Waals surface area (Å²) in [6.45, 7) is -3.53. The van der Waals surface area contributed by atoms with Gasteiger partial charge in [-0.2, -0.15) is 4.98 Å². The van der Waals surface area contributed by atoms with E-state index in [4.69, 9.17) is 49.7 Å². The smallest absolute Gasteiger partial charge is 0.313 e. The van der Waals surface area contributed by atoms with Gasteiger partial charge in [0.1, 0.15) is 74.4 Å². The van der Waals surface area contributed by atoms with Gasteiger partial charge in [-0.3, -0.25) is 46.7 Å². The first kappa shape index (κ1) is 54.7. The minimum absolute atomic E-state index is 0.0114. The third-order valence-corrected chi connectivity index (χ3v) is 18.3. The van der Waals surface area contributed by atoms with Gasteiger partial charge in [-0.05, 0) is 0 Å². The van der Waals surface area contributed by atoms with Crippen molar-refractivity contribution in [1.82, 2.24) is 53.6 Å². The molecule has 9 heterocycles. The van der Waals surface area contributed by atoms with Crippen LogP contribution in [0.3, 0.4) is 0 Å². The highest BCUT2D eigenvalue weighted by Gasteiger charge is 2.51. The molecule has 75 heavy (non-hydrogen) atoms. The quantitative estimate of drug-likeness (QED) is 0.0269. The summed E-state index contributed by atoms with van der Waals surface area (Å²) < 4.78 is 104. The number of nitrogens with two attached hydrogens (primary N) is 3. The summed E-state index contributed by atoms with van der Waals surface area (Å²) in [6.07, 6.45) is -16.2. The van der Waals surface area contributed by atoms with E-state index in [2.05, 4.69) is 48.7 Å². The van der Waals surface area contributed by atoms with Crippen LogP contribution in [0.1, 0.15) is 18.7 Å². The molecule has 0 radical (unpaired) electrons. The maximum atomic E-state index is 13.6. The van der Waals surface area contributed by atoms with E-state index >= 15 is 0 Å². The van der Waals surface area contributed by atoms with Crippen LogP contribution in [0.15, 0.2) is 34.9 Å². The number of hydrogen-bond acceptors (Lipinski definition) is 32. The number of phosphoric ester groups is 2. The van der Waals surface area contributed by atoms with E-state index in [-0.39, 0.29) is 51.2 Å². The summed E-state index contributed by atoms with van der Waals surface area (Å²) in [4.78, 5) is 106. The van der Waals surface area contributed by atoms with Crippen molar-refractivity contribution in [2.75, 3.05) is 50.0 Å². The Morgan fingerprint density at radius 3 is 2.01 bits per heavy atom. The zero-order valence-corrected chi connectivity index (χ0v) is 41.7. The molecule has 3 aliphatic rings. The SMILES string of the molecule is COC1C(OP(=O)([O-])OCC2OC(n3cnc4c(=O)[nH]c(N)nc43)C(O)C2O)C(COP(=O)([O-])CP(=O)([O-])OP(=O)([O-])OCC2OC([n+]3cn(C)c4c(=O)[nH]c(N)nc43)C(O)C2O)OC1n1cnc2c(N)ncnc21. The zero-order valence-electron chi connectivity index (χ0n) is 38.1. The Balaban J connectivity index is 0.862. The Labute approximate surface area is 415 Å². The van der Waals surface area contributed by atoms with Gasteiger partial charge in [0.05, 0.1) is 45.4 Å². The first-order chi connectivity index (χ1) is 35.2. The van der Waals surface area contributed by atoms with Crippen LogP contribution in [0.5, 0.6) is 0 Å². The molecule has 0 saturated carbocycles. The third kappa shape index (κ3) is 10.9. The Kier molecular flexibility index (Phi) is 14.8. The number of aromatic amines is 2. The van der Waals surface area contributed by atoms with Crippen molar-refractivity contribution in [3.05, 3.63) is 46.0 Å². The van der Waals surface area contributed by atoms with E-state index in [9.17, 15) is 67.8 Å². The largest absolute Gasteiger partial charge is 0.778 e. The first-order valence-corrected chi connectivity index (χ1v) is 27.7. The van der Waals surface area contributed by atoms with Crippen LogP contribution in [0.25, 0.3) is 33.5 Å². The minimum Gasteiger partial charge on any atom is -0.778 e. The molecule has 0 aliphatic carbocycles. The van der Waals surface area contributed by atoms with Gasteiger partial charge in [0, 0.05) is 7.11 Å². The molecule has 410 valence electrons. The molecule has 3 aliphatic heterocycles. The topological polar surface area (TPSA) is 564 Å². The molecule has 16 unspecified atom stereocenters. The number of aliphatic hydroxyl groups excluding tert-OH is 4. The summed E-state index contributed by atoms with van der Waals surface area (Å²) in [6, 6.07) is 0. The Morgan fingerprint density at radius 1 is 0.707 bits per heavy atom. The molecule has 38 nitrogen and oxygen atoms in total. The van der Waals surface area contributed by atoms with Gasteiger partial charge in [-0.15, -0.1) is 0 Å². The molecule has 16 atom stereocenters. The van der Waals surface area contributed by atoms with Gasteiger partial charge in [-0.25, -0.2) is 24.5 Å². The van der Waals surface area contributed by atoms with Crippen LogP contribution in [0, 0.1) is 0 Å². The fourth-order valence-corrected chi connectivity index (χ4v) is 14.2. The van der Waals surface area contributed by atoms with Crippen LogP contribution in [-0.4, -0.2) is 162 Å². The van der Waals surface area contributed by atoms with E-state index in [1.54, 1.807) is 0 Å². The monoisotopic (exact) mass is 1140 g/mol. The predicted molar refractivity (Wildman–Crippen MR) is 234 cm³/mol. The van der Waals surface area contributed by atoms with Crippen molar-refractivity contribution in [2.24, 2.45) is 7.05 Å². The van der Waals surface area contributed by atoms with Gasteiger partial charge in [0.15, 0.2) is 49.0 Å². The van der Waals surface area contributed by atoms with Crippen molar-refractivity contribution >= 4 is 82.0 Å². The second kappa shape index (κ2) is 20.4. The van der Waals surface area contributed by atoms with E-state index in [1.807, 2.05) is 0 Å². The van der Waals surface area contributed by atoms with Crippen molar-refractivity contribution in [1.29, 1.82) is 0 Å². The predicted octanol–water partition coefficient (Wildman–Crippen LogP) is -7.13. The van der Waals surface area contributed by atoms with Gasteiger partial charge in [-0.1, -0.05) is 4.98 Å². The molecule has 3 saturated heterocycles. The van der Waals surface area contributed by atoms with Gasteiger partial charge in [0.25, 0.3) is 32.7 Å². The molecule has 0 spiro atoms. The van der Waals surface area contributed by atoms with E-state index in [0.717, 1.165) is 35.2 Å². The van der Waals surface area contributed by atoms with Crippen LogP contribution in [-0.2, 0) is 66.7 Å². The van der Waals surface area contributed by atoms with Crippen LogP contribution >= 0.6 is 30.8 Å². The molecule has 42 heteroatoms. The number of ether oxygens (including phenoxy) is 4. The average Bonchev–Trinajstić information content (AvgIpc) is 4.17. The van der Waals surface area contributed by atoms with Crippen LogP contribution in [0.4, 0.5) is 17.7 Å². The summed E-state index contributed by atoms with van der Waals surface area (Å²) in [5.41, 5.74) is 15.3. The number of H-pyrrole nitrogens is 2. The number of nitrogen functional groups attached to an aromatic ring is 3. The number of imidazole rings is 3. The number of rotatable bonds is 19. The normalized spacial score (nSPS) is 30.5. The standard InChI is InChI=1S/C33H45N15O23P4/c1-45-9-48(26-16(45)28(54)44-33(36)42-26)30-20(52)18(50)12(68-30)4-66-75(61,62)71-73(57,58)10-72(55,56)64-5-13-21(22(63-2)31(69-13)46-7-39-14-23(34)37-6-38-24(14)46)70-74(59,60)65-3-11-17(49)19(51)29(67-11)47-8-40-15-25(47)41-32(35)43-27(15)53/h6-9,11-13,17-22,29-31,49-52H,3-5,10H2,1-2H3,(H11-,34,35,36,37,38,41,42,43,44,53,54,55,56,57,58,59,60,61,62)/p-3. The average molecular weight is 1140 g/mol. The lowest BCUT2D eigenvalue weighted by Gasteiger charge is -2.36. The van der Waals surface area contributed by atoms with Crippen molar-refractivity contribution < 1.29 is 104 Å². The number of aryl methyl sites for hydroxylation is 1. The molecule has 9 rings (SSSR count). The van der Waals surface area contributed by atoms with Crippen LogP contribution < -0.4 is 52.5 Å². The van der Waals surface area contributed by atoms with E-state index in [1.165, 1.54) is 22.5 Å². The number of anilines is 3. The molecule has 6 aromatic rings. The highest BCUT2D eigenvalue weighted by atomic mass is 31.3. The summed E-state index contributed by atoms with van der Waals surface area (Å²) in [5, 5.41) is 43.1. The number of methoxy groups -OCH3 is 1. The molecule has 3 fully saturated rings. The fourth-order valence-electron chi connectivity index (χ4n) is 8.43. The number of hydrogen-bond donors (Lipinski definition) is 9. The number of nitrogens with one attached hydrogen (secondary N) is 2. The van der Waals surface area contributed by atoms with Gasteiger partial charge >= 0.3 is 5.65 Å². The van der Waals surface area contributed by atoms with Crippen molar-refractivity contribution in [3.63, 3.8) is 0 Å². The van der Waals surface area contributed by atoms with E-state index in [0.29, 0.717) is 0 Å². The van der Waals surface area contributed by atoms with E-state index < -0.39 is 141 Å². The Hall–Kier alpha value is -5.11. The lowest BCUT2D eigenvalue weighted by molar-refractivity contribution is -0.745. The molecule has 0 bridgehead atoms. The maximum absolute atomic E-state index is 13.6. The highest BCUT2D eigenvalue weighted by molar-refractivity contribution is 7.72. The molecule has 12 N–H and O–H groups in total. The van der Waals surface area contributed by atoms with Crippen LogP contribution in [0.2, 0.25) is 0 Å². The third-order valence-electron chi connectivity index (χ3n) is 11.7. The first-order valence-electron chi connectivity index (χ1n) is 21.4. The molecule has 0 aromatic carbocycles. The van der Waals surface area contributed by atoms with Crippen molar-refractivity contribution in [3.8, 4) is 0 Å². The van der Waals surface area contributed by atoms with Gasteiger partial charge < -0.3 is 103 Å². The molecule has 0 amide bonds. The summed E-state index contributed by atoms with van der Waals surface area (Å²) in [5.74, 6) is -2.92. The maximum Gasteiger partial charge on any atom is 0.313 e. The van der Waals surface area contributed by atoms with Gasteiger partial charge in [0.2, 0.25) is 17.7 Å². The lowest BCUT2D eigenvalue weighted by atomic mass is 10.1.